The highest BCUT2D eigenvalue weighted by molar-refractivity contribution is 5.44. The molecule has 0 amide bonds. The maximum Gasteiger partial charge on any atom is 0.157 e. The zero-order valence-electron chi connectivity index (χ0n) is 15.6. The molecule has 0 bridgehead atoms. The van der Waals surface area contributed by atoms with Crippen LogP contribution in [0, 0.1) is 0 Å². The fourth-order valence-corrected chi connectivity index (χ4v) is 2.79. The van der Waals surface area contributed by atoms with Crippen molar-refractivity contribution in [1.82, 2.24) is 20.3 Å². The van der Waals surface area contributed by atoms with E-state index in [2.05, 4.69) is 15.6 Å². The Morgan fingerprint density at radius 1 is 1.04 bits per heavy atom. The molecule has 3 aromatic rings. The lowest BCUT2D eigenvalue weighted by atomic mass is 9.98. The molecule has 142 valence electrons. The van der Waals surface area contributed by atoms with Gasteiger partial charge in [-0.2, -0.15) is 0 Å². The van der Waals surface area contributed by atoms with E-state index in [0.29, 0.717) is 6.61 Å². The molecule has 0 saturated heterocycles. The van der Waals surface area contributed by atoms with Crippen LogP contribution in [0.25, 0.3) is 0 Å². The highest BCUT2D eigenvalue weighted by Crippen LogP contribution is 2.31. The lowest BCUT2D eigenvalue weighted by Crippen LogP contribution is -2.17. The van der Waals surface area contributed by atoms with E-state index in [9.17, 15) is 10.2 Å². The smallest absolute Gasteiger partial charge is 0.157 e. The summed E-state index contributed by atoms with van der Waals surface area (Å²) < 4.78 is 7.58. The number of nitrogens with one attached hydrogen (secondary N) is 1. The van der Waals surface area contributed by atoms with Crippen molar-refractivity contribution in [2.24, 2.45) is 0 Å². The predicted molar refractivity (Wildman–Crippen MR) is 102 cm³/mol. The SMILES string of the molecule is CNC(c1ccc(OCc2cn(C(C)C)nn2)cc1)c1ccc(O)c(O)c1. The van der Waals surface area contributed by atoms with Gasteiger partial charge in [-0.1, -0.05) is 23.4 Å². The Hall–Kier alpha value is -3.06. The first-order valence-corrected chi connectivity index (χ1v) is 8.80. The lowest BCUT2D eigenvalue weighted by Gasteiger charge is -2.18. The Morgan fingerprint density at radius 2 is 1.74 bits per heavy atom. The van der Waals surface area contributed by atoms with E-state index < -0.39 is 0 Å². The second kappa shape index (κ2) is 8.09. The molecule has 3 N–H and O–H groups in total. The molecule has 1 aromatic heterocycles. The summed E-state index contributed by atoms with van der Waals surface area (Å²) >= 11 is 0. The quantitative estimate of drug-likeness (QED) is 0.555. The summed E-state index contributed by atoms with van der Waals surface area (Å²) in [6.07, 6.45) is 1.88. The topological polar surface area (TPSA) is 92.4 Å². The van der Waals surface area contributed by atoms with Crippen molar-refractivity contribution in [1.29, 1.82) is 0 Å². The molecular weight excluding hydrogens is 344 g/mol. The Kier molecular flexibility index (Phi) is 5.61. The van der Waals surface area contributed by atoms with Gasteiger partial charge in [-0.3, -0.25) is 0 Å². The molecule has 0 radical (unpaired) electrons. The van der Waals surface area contributed by atoms with Crippen LogP contribution in [0.3, 0.4) is 0 Å². The summed E-state index contributed by atoms with van der Waals surface area (Å²) in [4.78, 5) is 0. The van der Waals surface area contributed by atoms with E-state index in [1.807, 2.05) is 51.4 Å². The molecular formula is C20H24N4O3. The highest BCUT2D eigenvalue weighted by atomic mass is 16.5. The molecule has 2 aromatic carbocycles. The molecule has 0 spiro atoms. The number of rotatable bonds is 7. The molecule has 0 aliphatic carbocycles. The van der Waals surface area contributed by atoms with Crippen LogP contribution >= 0.6 is 0 Å². The minimum atomic E-state index is -0.137. The Labute approximate surface area is 158 Å². The number of aromatic hydroxyl groups is 2. The summed E-state index contributed by atoms with van der Waals surface area (Å²) in [5.74, 6) is 0.468. The summed E-state index contributed by atoms with van der Waals surface area (Å²) in [5.41, 5.74) is 2.65. The van der Waals surface area contributed by atoms with E-state index in [1.54, 1.807) is 16.8 Å². The number of aromatic nitrogens is 3. The average Bonchev–Trinajstić information content (AvgIpc) is 3.14. The summed E-state index contributed by atoms with van der Waals surface area (Å²) in [7, 11) is 1.84. The van der Waals surface area contributed by atoms with Crippen molar-refractivity contribution in [3.8, 4) is 17.2 Å². The molecule has 3 rings (SSSR count). The normalized spacial score (nSPS) is 12.3. The van der Waals surface area contributed by atoms with Gasteiger partial charge in [0.2, 0.25) is 0 Å². The first kappa shape index (κ1) is 18.7. The monoisotopic (exact) mass is 368 g/mol. The third-order valence-electron chi connectivity index (χ3n) is 4.31. The summed E-state index contributed by atoms with van der Waals surface area (Å²) in [6.45, 7) is 4.45. The third-order valence-corrected chi connectivity index (χ3v) is 4.31. The molecule has 1 unspecified atom stereocenters. The Bertz CT molecular complexity index is 890. The van der Waals surface area contributed by atoms with Gasteiger partial charge in [0, 0.05) is 6.04 Å². The van der Waals surface area contributed by atoms with Crippen LogP contribution < -0.4 is 10.1 Å². The first-order valence-electron chi connectivity index (χ1n) is 8.80. The van der Waals surface area contributed by atoms with Crippen molar-refractivity contribution in [3.05, 3.63) is 65.5 Å². The van der Waals surface area contributed by atoms with Gasteiger partial charge in [0.05, 0.1) is 12.2 Å². The van der Waals surface area contributed by atoms with Crippen LogP contribution in [-0.4, -0.2) is 32.3 Å². The first-order chi connectivity index (χ1) is 13.0. The largest absolute Gasteiger partial charge is 0.504 e. The van der Waals surface area contributed by atoms with Gasteiger partial charge in [-0.15, -0.1) is 5.10 Å². The summed E-state index contributed by atoms with van der Waals surface area (Å²) in [6, 6.07) is 12.7. The van der Waals surface area contributed by atoms with Crippen molar-refractivity contribution in [2.75, 3.05) is 7.05 Å². The standard InChI is InChI=1S/C20H24N4O3/c1-13(2)24-11-16(22-23-24)12-27-17-7-4-14(5-8-17)20(21-3)15-6-9-18(25)19(26)10-15/h4-11,13,20-21,25-26H,12H2,1-3H3. The number of phenols is 2. The fraction of sp³-hybridized carbons (Fsp3) is 0.300. The van der Waals surface area contributed by atoms with Crippen LogP contribution in [0.1, 0.15) is 42.8 Å². The second-order valence-electron chi connectivity index (χ2n) is 6.61. The van der Waals surface area contributed by atoms with Crippen LogP contribution in [0.2, 0.25) is 0 Å². The number of benzene rings is 2. The molecule has 1 atom stereocenters. The van der Waals surface area contributed by atoms with E-state index in [-0.39, 0.29) is 23.6 Å². The molecule has 0 saturated carbocycles. The van der Waals surface area contributed by atoms with Crippen molar-refractivity contribution in [3.63, 3.8) is 0 Å². The molecule has 0 fully saturated rings. The number of nitrogens with zero attached hydrogens (tertiary/aromatic N) is 3. The molecule has 7 nitrogen and oxygen atoms in total. The predicted octanol–water partition coefficient (Wildman–Crippen LogP) is 3.16. The molecule has 0 aliphatic heterocycles. The zero-order chi connectivity index (χ0) is 19.4. The van der Waals surface area contributed by atoms with Gasteiger partial charge in [-0.05, 0) is 56.3 Å². The molecule has 0 aliphatic rings. The number of hydrogen-bond donors (Lipinski definition) is 3. The zero-order valence-corrected chi connectivity index (χ0v) is 15.6. The minimum absolute atomic E-state index is 0.114. The van der Waals surface area contributed by atoms with Crippen molar-refractivity contribution >= 4 is 0 Å². The fourth-order valence-electron chi connectivity index (χ4n) is 2.79. The maximum absolute atomic E-state index is 9.74. The van der Waals surface area contributed by atoms with Crippen LogP contribution in [0.5, 0.6) is 17.2 Å². The van der Waals surface area contributed by atoms with Crippen LogP contribution in [0.15, 0.2) is 48.7 Å². The number of ether oxygens (including phenoxy) is 1. The van der Waals surface area contributed by atoms with Gasteiger partial charge in [-0.25, -0.2) is 4.68 Å². The number of hydrogen-bond acceptors (Lipinski definition) is 6. The van der Waals surface area contributed by atoms with E-state index in [0.717, 1.165) is 22.6 Å². The van der Waals surface area contributed by atoms with E-state index in [1.165, 1.54) is 6.07 Å². The maximum atomic E-state index is 9.74. The van der Waals surface area contributed by atoms with Crippen LogP contribution in [0.4, 0.5) is 0 Å². The molecule has 7 heteroatoms. The number of phenolic OH excluding ortho intramolecular Hbond substituents is 2. The van der Waals surface area contributed by atoms with Gasteiger partial charge < -0.3 is 20.3 Å². The second-order valence-corrected chi connectivity index (χ2v) is 6.61. The van der Waals surface area contributed by atoms with Crippen molar-refractivity contribution in [2.45, 2.75) is 32.5 Å². The van der Waals surface area contributed by atoms with Gasteiger partial charge in [0.25, 0.3) is 0 Å². The van der Waals surface area contributed by atoms with Gasteiger partial charge in [0.1, 0.15) is 18.1 Å². The molecule has 27 heavy (non-hydrogen) atoms. The van der Waals surface area contributed by atoms with Crippen molar-refractivity contribution < 1.29 is 14.9 Å². The third kappa shape index (κ3) is 4.38. The van der Waals surface area contributed by atoms with E-state index >= 15 is 0 Å². The Balaban J connectivity index is 1.68. The van der Waals surface area contributed by atoms with Gasteiger partial charge >= 0.3 is 0 Å². The minimum Gasteiger partial charge on any atom is -0.504 e. The average molecular weight is 368 g/mol. The van der Waals surface area contributed by atoms with Gasteiger partial charge in [0.15, 0.2) is 11.5 Å². The Morgan fingerprint density at radius 3 is 2.33 bits per heavy atom. The highest BCUT2D eigenvalue weighted by Gasteiger charge is 2.14. The lowest BCUT2D eigenvalue weighted by molar-refractivity contribution is 0.301. The molecule has 1 heterocycles. The van der Waals surface area contributed by atoms with Crippen LogP contribution in [-0.2, 0) is 6.61 Å². The van der Waals surface area contributed by atoms with E-state index in [4.69, 9.17) is 4.74 Å². The summed E-state index contributed by atoms with van der Waals surface area (Å²) in [5, 5.41) is 30.6.